The number of hydrogen-bond donors (Lipinski definition) is 1. The lowest BCUT2D eigenvalue weighted by molar-refractivity contribution is -0.379. The minimum Gasteiger partial charge on any atom is -0.465 e. The summed E-state index contributed by atoms with van der Waals surface area (Å²) in [5, 5.41) is 11.4. The van der Waals surface area contributed by atoms with Gasteiger partial charge in [0.15, 0.2) is 0 Å². The Hall–Kier alpha value is -1.63. The number of methoxy groups -OCH3 is 1. The third-order valence-corrected chi connectivity index (χ3v) is 2.33. The van der Waals surface area contributed by atoms with E-state index in [1.807, 2.05) is 0 Å². The zero-order valence-corrected chi connectivity index (χ0v) is 7.46. The molecule has 7 heteroatoms. The maximum atomic E-state index is 11.0. The van der Waals surface area contributed by atoms with Gasteiger partial charge < -0.3 is 10.5 Å². The zero-order valence-electron chi connectivity index (χ0n) is 6.64. The lowest BCUT2D eigenvalue weighted by Gasteiger charge is -1.95. The number of hydrogen-bond acceptors (Lipinski definition) is 6. The van der Waals surface area contributed by atoms with Crippen LogP contribution in [0.5, 0.6) is 0 Å². The van der Waals surface area contributed by atoms with Crippen LogP contribution in [0.3, 0.4) is 0 Å². The highest BCUT2D eigenvalue weighted by molar-refractivity contribution is 7.14. The largest absolute Gasteiger partial charge is 0.465 e. The molecule has 1 heterocycles. The van der Waals surface area contributed by atoms with E-state index < -0.39 is 10.9 Å². The van der Waals surface area contributed by atoms with Crippen molar-refractivity contribution in [2.24, 2.45) is 0 Å². The summed E-state index contributed by atoms with van der Waals surface area (Å²) in [7, 11) is 1.19. The molecule has 6 nitrogen and oxygen atoms in total. The van der Waals surface area contributed by atoms with Crippen LogP contribution in [0, 0.1) is 10.1 Å². The number of nitrogens with zero attached hydrogens (tertiary/aromatic N) is 1. The van der Waals surface area contributed by atoms with Crippen LogP contribution >= 0.6 is 11.3 Å². The van der Waals surface area contributed by atoms with Gasteiger partial charge in [0.25, 0.3) is 0 Å². The Morgan fingerprint density at radius 1 is 1.77 bits per heavy atom. The number of rotatable bonds is 2. The van der Waals surface area contributed by atoms with E-state index >= 15 is 0 Å². The van der Waals surface area contributed by atoms with E-state index in [1.165, 1.54) is 12.5 Å². The Balaban J connectivity index is 3.13. The highest BCUT2D eigenvalue weighted by Crippen LogP contribution is 2.32. The fourth-order valence-electron chi connectivity index (χ4n) is 0.766. The first-order valence-electron chi connectivity index (χ1n) is 3.17. The van der Waals surface area contributed by atoms with E-state index in [4.69, 9.17) is 5.73 Å². The molecule has 0 aliphatic carbocycles. The van der Waals surface area contributed by atoms with Gasteiger partial charge in [-0.25, -0.2) is 4.79 Å². The number of anilines is 1. The van der Waals surface area contributed by atoms with Crippen molar-refractivity contribution in [2.75, 3.05) is 12.8 Å². The molecular weight excluding hydrogens is 196 g/mol. The molecule has 70 valence electrons. The van der Waals surface area contributed by atoms with Crippen molar-refractivity contribution in [1.82, 2.24) is 0 Å². The molecule has 1 aromatic rings. The lowest BCUT2D eigenvalue weighted by Crippen LogP contribution is -2.03. The molecule has 0 atom stereocenters. The molecular formula is C6H6N2O4S. The molecule has 0 radical (unpaired) electrons. The Morgan fingerprint density at radius 2 is 2.38 bits per heavy atom. The minimum absolute atomic E-state index is 0.0409. The van der Waals surface area contributed by atoms with Crippen molar-refractivity contribution >= 4 is 28.0 Å². The molecule has 0 amide bonds. The van der Waals surface area contributed by atoms with E-state index in [0.29, 0.717) is 0 Å². The van der Waals surface area contributed by atoms with Crippen LogP contribution in [0.25, 0.3) is 0 Å². The van der Waals surface area contributed by atoms with Crippen LogP contribution in [-0.2, 0) is 4.74 Å². The van der Waals surface area contributed by atoms with Gasteiger partial charge in [-0.2, -0.15) is 0 Å². The van der Waals surface area contributed by atoms with E-state index in [-0.39, 0.29) is 16.3 Å². The van der Waals surface area contributed by atoms with Crippen LogP contribution in [0.2, 0.25) is 0 Å². The number of esters is 1. The minimum atomic E-state index is -0.665. The number of carbonyl (C=O) groups is 1. The molecule has 0 aliphatic heterocycles. The van der Waals surface area contributed by atoms with E-state index in [9.17, 15) is 14.9 Å². The summed E-state index contributed by atoms with van der Waals surface area (Å²) in [5.41, 5.74) is 5.25. The molecule has 13 heavy (non-hydrogen) atoms. The van der Waals surface area contributed by atoms with Crippen LogP contribution in [-0.4, -0.2) is 18.0 Å². The van der Waals surface area contributed by atoms with Gasteiger partial charge in [-0.1, -0.05) is 11.3 Å². The van der Waals surface area contributed by atoms with Crippen molar-refractivity contribution < 1.29 is 14.5 Å². The summed E-state index contributed by atoms with van der Waals surface area (Å²) >= 11 is 0.803. The molecule has 0 aliphatic rings. The van der Waals surface area contributed by atoms with Gasteiger partial charge in [-0.15, -0.1) is 0 Å². The number of nitrogens with two attached hydrogens (primary N) is 1. The van der Waals surface area contributed by atoms with Crippen LogP contribution in [0.15, 0.2) is 5.38 Å². The SMILES string of the molecule is COC(=O)c1csc([N+](=O)[O-])c1N. The van der Waals surface area contributed by atoms with Gasteiger partial charge in [0.05, 0.1) is 12.0 Å². The van der Waals surface area contributed by atoms with E-state index in [0.717, 1.165) is 11.3 Å². The van der Waals surface area contributed by atoms with Gasteiger partial charge in [0, 0.05) is 5.38 Å². The van der Waals surface area contributed by atoms with Crippen molar-refractivity contribution in [2.45, 2.75) is 0 Å². The molecule has 0 unspecified atom stereocenters. The Labute approximate surface area is 77.1 Å². The summed E-state index contributed by atoms with van der Waals surface area (Å²) in [6, 6.07) is 0. The fourth-order valence-corrected chi connectivity index (χ4v) is 1.54. The Morgan fingerprint density at radius 3 is 2.77 bits per heavy atom. The number of thiophene rings is 1. The van der Waals surface area contributed by atoms with Gasteiger partial charge in [-0.05, 0) is 0 Å². The summed E-state index contributed by atoms with van der Waals surface area (Å²) < 4.78 is 4.38. The summed E-state index contributed by atoms with van der Waals surface area (Å²) in [6.45, 7) is 0. The first kappa shape index (κ1) is 9.46. The van der Waals surface area contributed by atoms with E-state index in [1.54, 1.807) is 0 Å². The molecule has 0 aromatic carbocycles. The summed E-state index contributed by atoms with van der Waals surface area (Å²) in [4.78, 5) is 20.6. The number of nitrogen functional groups attached to an aromatic ring is 1. The van der Waals surface area contributed by atoms with Crippen LogP contribution in [0.1, 0.15) is 10.4 Å². The topological polar surface area (TPSA) is 95.5 Å². The predicted octanol–water partition coefficient (Wildman–Crippen LogP) is 1.03. The standard InChI is InChI=1S/C6H6N2O4S/c1-12-6(9)3-2-13-5(4(3)7)8(10)11/h2H,7H2,1H3. The molecule has 0 saturated carbocycles. The van der Waals surface area contributed by atoms with Crippen LogP contribution in [0.4, 0.5) is 10.7 Å². The third kappa shape index (κ3) is 1.59. The first-order valence-corrected chi connectivity index (χ1v) is 4.05. The molecule has 1 aromatic heterocycles. The smallest absolute Gasteiger partial charge is 0.347 e. The zero-order chi connectivity index (χ0) is 10.0. The Kier molecular flexibility index (Phi) is 2.47. The highest BCUT2D eigenvalue weighted by atomic mass is 32.1. The van der Waals surface area contributed by atoms with Crippen molar-refractivity contribution in [1.29, 1.82) is 0 Å². The van der Waals surface area contributed by atoms with Crippen LogP contribution < -0.4 is 5.73 Å². The van der Waals surface area contributed by atoms with E-state index in [2.05, 4.69) is 4.74 Å². The predicted molar refractivity (Wildman–Crippen MR) is 46.7 cm³/mol. The molecule has 0 bridgehead atoms. The molecule has 1 rings (SSSR count). The highest BCUT2D eigenvalue weighted by Gasteiger charge is 2.22. The fraction of sp³-hybridized carbons (Fsp3) is 0.167. The Bertz CT molecular complexity index is 360. The third-order valence-electron chi connectivity index (χ3n) is 1.38. The normalized spacial score (nSPS) is 9.62. The first-order chi connectivity index (χ1) is 6.07. The molecule has 2 N–H and O–H groups in total. The number of carbonyl (C=O) groups excluding carboxylic acids is 1. The molecule has 0 spiro atoms. The maximum absolute atomic E-state index is 11.0. The molecule has 0 saturated heterocycles. The summed E-state index contributed by atoms with van der Waals surface area (Å²) in [6.07, 6.45) is 0. The summed E-state index contributed by atoms with van der Waals surface area (Å²) in [5.74, 6) is -0.665. The maximum Gasteiger partial charge on any atom is 0.347 e. The average Bonchev–Trinajstić information content (AvgIpc) is 2.46. The van der Waals surface area contributed by atoms with Gasteiger partial charge in [-0.3, -0.25) is 10.1 Å². The van der Waals surface area contributed by atoms with Crippen molar-refractivity contribution in [3.8, 4) is 0 Å². The lowest BCUT2D eigenvalue weighted by atomic mass is 10.3. The second-order valence-electron chi connectivity index (χ2n) is 2.12. The number of ether oxygens (including phenoxy) is 1. The van der Waals surface area contributed by atoms with Crippen molar-refractivity contribution in [3.63, 3.8) is 0 Å². The second-order valence-corrected chi connectivity index (χ2v) is 2.97. The van der Waals surface area contributed by atoms with Gasteiger partial charge >= 0.3 is 11.0 Å². The average molecular weight is 202 g/mol. The van der Waals surface area contributed by atoms with Gasteiger partial charge in [0.2, 0.25) is 0 Å². The quantitative estimate of drug-likeness (QED) is 0.439. The number of nitro groups is 1. The van der Waals surface area contributed by atoms with Gasteiger partial charge in [0.1, 0.15) is 11.3 Å². The monoisotopic (exact) mass is 202 g/mol. The van der Waals surface area contributed by atoms with Crippen molar-refractivity contribution in [3.05, 3.63) is 21.1 Å². The second kappa shape index (κ2) is 3.40. The molecule has 0 fully saturated rings.